The van der Waals surface area contributed by atoms with Crippen LogP contribution in [0.2, 0.25) is 0 Å². The van der Waals surface area contributed by atoms with E-state index in [-0.39, 0.29) is 17.3 Å². The molecule has 0 aliphatic rings. The fraction of sp³-hybridized carbons (Fsp3) is 0.130. The second-order valence-electron chi connectivity index (χ2n) is 6.32. The monoisotopic (exact) mass is 384 g/mol. The number of carbonyl (C=O) groups is 2. The Morgan fingerprint density at radius 2 is 1.66 bits per heavy atom. The minimum Gasteiger partial charge on any atom is -0.333 e. The first kappa shape index (κ1) is 19.8. The molecule has 0 bridgehead atoms. The highest BCUT2D eigenvalue weighted by molar-refractivity contribution is 6.04. The molecule has 144 valence electrons. The summed E-state index contributed by atoms with van der Waals surface area (Å²) in [4.78, 5) is 31.4. The molecule has 3 aromatic rings. The van der Waals surface area contributed by atoms with Gasteiger partial charge in [0.15, 0.2) is 0 Å². The first-order chi connectivity index (χ1) is 14.1. The lowest BCUT2D eigenvalue weighted by molar-refractivity contribution is 0.0746. The van der Waals surface area contributed by atoms with Crippen LogP contribution in [-0.4, -0.2) is 28.2 Å². The molecule has 1 N–H and O–H groups in total. The van der Waals surface area contributed by atoms with Gasteiger partial charge in [0, 0.05) is 13.1 Å². The lowest BCUT2D eigenvalue weighted by Gasteiger charge is -2.20. The van der Waals surface area contributed by atoms with Gasteiger partial charge in [-0.1, -0.05) is 48.5 Å². The Balaban J connectivity index is 1.78. The Hall–Kier alpha value is -3.98. The van der Waals surface area contributed by atoms with Crippen molar-refractivity contribution >= 4 is 17.5 Å². The molecule has 0 radical (unpaired) electrons. The zero-order chi connectivity index (χ0) is 20.6. The molecular weight excluding hydrogens is 364 g/mol. The van der Waals surface area contributed by atoms with Crippen molar-refractivity contribution in [2.75, 3.05) is 11.9 Å². The fourth-order valence-electron chi connectivity index (χ4n) is 2.85. The molecule has 0 spiro atoms. The van der Waals surface area contributed by atoms with Crippen LogP contribution in [0.4, 0.5) is 5.69 Å². The maximum absolute atomic E-state index is 12.9. The molecule has 1 aromatic heterocycles. The van der Waals surface area contributed by atoms with Gasteiger partial charge in [-0.15, -0.1) is 0 Å². The van der Waals surface area contributed by atoms with Gasteiger partial charge >= 0.3 is 0 Å². The average molecular weight is 384 g/mol. The molecular formula is C23H20N4O2. The van der Waals surface area contributed by atoms with Crippen LogP contribution < -0.4 is 5.32 Å². The number of anilines is 1. The van der Waals surface area contributed by atoms with Crippen LogP contribution in [0.25, 0.3) is 0 Å². The molecule has 29 heavy (non-hydrogen) atoms. The maximum atomic E-state index is 12.9. The number of rotatable bonds is 6. The number of hydrogen-bond acceptors (Lipinski definition) is 4. The molecule has 6 nitrogen and oxygen atoms in total. The normalized spacial score (nSPS) is 10.1. The van der Waals surface area contributed by atoms with Crippen molar-refractivity contribution in [2.45, 2.75) is 13.5 Å². The van der Waals surface area contributed by atoms with Gasteiger partial charge in [0.1, 0.15) is 17.5 Å². The number of nitriles is 1. The van der Waals surface area contributed by atoms with Crippen molar-refractivity contribution in [1.82, 2.24) is 9.88 Å². The third-order valence-electron chi connectivity index (χ3n) is 4.38. The molecule has 1 heterocycles. The summed E-state index contributed by atoms with van der Waals surface area (Å²) in [7, 11) is 0. The third-order valence-corrected chi connectivity index (χ3v) is 4.38. The van der Waals surface area contributed by atoms with Crippen molar-refractivity contribution in [2.24, 2.45) is 0 Å². The Bertz CT molecular complexity index is 1060. The highest BCUT2D eigenvalue weighted by atomic mass is 16.2. The van der Waals surface area contributed by atoms with Crippen molar-refractivity contribution in [1.29, 1.82) is 5.26 Å². The Labute approximate surface area is 169 Å². The van der Waals surface area contributed by atoms with E-state index < -0.39 is 5.91 Å². The molecule has 2 aromatic carbocycles. The summed E-state index contributed by atoms with van der Waals surface area (Å²) in [6.07, 6.45) is 0. The van der Waals surface area contributed by atoms with Crippen LogP contribution in [0.1, 0.15) is 39.0 Å². The first-order valence-electron chi connectivity index (χ1n) is 9.23. The maximum Gasteiger partial charge on any atom is 0.274 e. The second kappa shape index (κ2) is 9.29. The Morgan fingerprint density at radius 1 is 0.966 bits per heavy atom. The van der Waals surface area contributed by atoms with E-state index in [0.29, 0.717) is 24.3 Å². The minimum absolute atomic E-state index is 0.111. The van der Waals surface area contributed by atoms with Crippen molar-refractivity contribution in [3.05, 3.63) is 95.3 Å². The van der Waals surface area contributed by atoms with Crippen LogP contribution in [0, 0.1) is 11.3 Å². The summed E-state index contributed by atoms with van der Waals surface area (Å²) < 4.78 is 0. The van der Waals surface area contributed by atoms with Gasteiger partial charge in [0.25, 0.3) is 11.8 Å². The van der Waals surface area contributed by atoms with E-state index in [1.807, 2.05) is 43.3 Å². The number of hydrogen-bond donors (Lipinski definition) is 1. The van der Waals surface area contributed by atoms with Crippen LogP contribution in [0.5, 0.6) is 0 Å². The van der Waals surface area contributed by atoms with Crippen molar-refractivity contribution in [3.8, 4) is 6.07 Å². The molecule has 0 aliphatic carbocycles. The summed E-state index contributed by atoms with van der Waals surface area (Å²) in [6, 6.07) is 23.2. The van der Waals surface area contributed by atoms with Crippen LogP contribution in [0.15, 0.2) is 72.8 Å². The number of nitrogens with zero attached hydrogens (tertiary/aromatic N) is 3. The Morgan fingerprint density at radius 3 is 2.38 bits per heavy atom. The quantitative estimate of drug-likeness (QED) is 0.699. The highest BCUT2D eigenvalue weighted by Crippen LogP contribution is 2.15. The van der Waals surface area contributed by atoms with E-state index in [4.69, 9.17) is 5.26 Å². The van der Waals surface area contributed by atoms with E-state index >= 15 is 0 Å². The number of pyridine rings is 1. The predicted molar refractivity (Wildman–Crippen MR) is 110 cm³/mol. The fourth-order valence-corrected chi connectivity index (χ4v) is 2.85. The summed E-state index contributed by atoms with van der Waals surface area (Å²) >= 11 is 0. The summed E-state index contributed by atoms with van der Waals surface area (Å²) in [5.74, 6) is -0.725. The zero-order valence-electron chi connectivity index (χ0n) is 16.0. The highest BCUT2D eigenvalue weighted by Gasteiger charge is 2.18. The minimum atomic E-state index is -0.478. The average Bonchev–Trinajstić information content (AvgIpc) is 2.78. The molecule has 3 rings (SSSR count). The van der Waals surface area contributed by atoms with E-state index in [1.165, 1.54) is 6.07 Å². The molecule has 0 saturated heterocycles. The SMILES string of the molecule is CCN(Cc1ccccc1)C(=O)c1cccc(C(=O)Nc2ccccc2C#N)n1. The summed E-state index contributed by atoms with van der Waals surface area (Å²) in [6.45, 7) is 2.88. The van der Waals surface area contributed by atoms with Crippen LogP contribution in [0.3, 0.4) is 0 Å². The lowest BCUT2D eigenvalue weighted by atomic mass is 10.2. The van der Waals surface area contributed by atoms with Crippen LogP contribution >= 0.6 is 0 Å². The molecule has 0 aliphatic heterocycles. The lowest BCUT2D eigenvalue weighted by Crippen LogP contribution is -2.31. The van der Waals surface area contributed by atoms with Gasteiger partial charge in [-0.05, 0) is 36.8 Å². The zero-order valence-corrected chi connectivity index (χ0v) is 16.0. The largest absolute Gasteiger partial charge is 0.333 e. The molecule has 6 heteroatoms. The van der Waals surface area contributed by atoms with E-state index in [1.54, 1.807) is 41.3 Å². The number of para-hydroxylation sites is 1. The topological polar surface area (TPSA) is 86.1 Å². The Kier molecular flexibility index (Phi) is 6.33. The number of amides is 2. The molecule has 0 fully saturated rings. The van der Waals surface area contributed by atoms with E-state index in [0.717, 1.165) is 5.56 Å². The van der Waals surface area contributed by atoms with Crippen LogP contribution in [-0.2, 0) is 6.54 Å². The molecule has 0 unspecified atom stereocenters. The van der Waals surface area contributed by atoms with Gasteiger partial charge in [-0.2, -0.15) is 5.26 Å². The second-order valence-corrected chi connectivity index (χ2v) is 6.32. The van der Waals surface area contributed by atoms with Gasteiger partial charge in [-0.3, -0.25) is 9.59 Å². The molecule has 2 amide bonds. The van der Waals surface area contributed by atoms with E-state index in [9.17, 15) is 9.59 Å². The van der Waals surface area contributed by atoms with Gasteiger partial charge in [0.2, 0.25) is 0 Å². The molecule has 0 atom stereocenters. The molecule has 0 saturated carbocycles. The van der Waals surface area contributed by atoms with E-state index in [2.05, 4.69) is 10.3 Å². The van der Waals surface area contributed by atoms with Crippen molar-refractivity contribution in [3.63, 3.8) is 0 Å². The van der Waals surface area contributed by atoms with Gasteiger partial charge < -0.3 is 10.2 Å². The predicted octanol–water partition coefficient (Wildman–Crippen LogP) is 3.87. The first-order valence-corrected chi connectivity index (χ1v) is 9.23. The number of carbonyl (C=O) groups excluding carboxylic acids is 2. The smallest absolute Gasteiger partial charge is 0.274 e. The standard InChI is InChI=1S/C23H20N4O2/c1-2-27(16-17-9-4-3-5-10-17)23(29)21-14-8-13-20(25-21)22(28)26-19-12-7-6-11-18(19)15-24/h3-14H,2,16H2,1H3,(H,26,28). The summed E-state index contributed by atoms with van der Waals surface area (Å²) in [5, 5.41) is 11.8. The number of aromatic nitrogens is 1. The van der Waals surface area contributed by atoms with Crippen molar-refractivity contribution < 1.29 is 9.59 Å². The third kappa shape index (κ3) is 4.85. The number of benzene rings is 2. The van der Waals surface area contributed by atoms with Gasteiger partial charge in [0.05, 0.1) is 11.3 Å². The number of nitrogens with one attached hydrogen (secondary N) is 1. The van der Waals surface area contributed by atoms with Gasteiger partial charge in [-0.25, -0.2) is 4.98 Å². The summed E-state index contributed by atoms with van der Waals surface area (Å²) in [5.41, 5.74) is 2.08.